The van der Waals surface area contributed by atoms with E-state index in [9.17, 15) is 13.2 Å². The van der Waals surface area contributed by atoms with E-state index in [0.717, 1.165) is 12.8 Å². The Kier molecular flexibility index (Phi) is 6.47. The van der Waals surface area contributed by atoms with Crippen molar-refractivity contribution in [3.63, 3.8) is 0 Å². The number of hydrogen-bond acceptors (Lipinski definition) is 4. The fraction of sp³-hybridized carbons (Fsp3) is 0.667. The molecule has 1 N–H and O–H groups in total. The molecule has 1 aliphatic heterocycles. The van der Waals surface area contributed by atoms with Crippen molar-refractivity contribution in [3.05, 3.63) is 29.8 Å². The summed E-state index contributed by atoms with van der Waals surface area (Å²) in [6, 6.07) is 6.50. The van der Waals surface area contributed by atoms with Crippen LogP contribution in [0.3, 0.4) is 0 Å². The molecule has 1 amide bonds. The molecule has 0 unspecified atom stereocenters. The molecular weight excluding hydrogens is 376 g/mol. The predicted octanol–water partition coefficient (Wildman–Crippen LogP) is 3.04. The van der Waals surface area contributed by atoms with Gasteiger partial charge < -0.3 is 10.1 Å². The van der Waals surface area contributed by atoms with E-state index in [0.29, 0.717) is 30.5 Å². The van der Waals surface area contributed by atoms with Gasteiger partial charge in [-0.25, -0.2) is 8.42 Å². The van der Waals surface area contributed by atoms with Gasteiger partial charge >= 0.3 is 0 Å². The molecule has 156 valence electrons. The first-order chi connectivity index (χ1) is 13.2. The zero-order chi connectivity index (χ0) is 20.5. The molecule has 1 aromatic carbocycles. The first kappa shape index (κ1) is 21.3. The molecule has 2 aliphatic rings. The minimum absolute atomic E-state index is 0.137. The fourth-order valence-corrected chi connectivity index (χ4v) is 5.95. The average Bonchev–Trinajstić information content (AvgIpc) is 2.64. The quantitative estimate of drug-likeness (QED) is 0.831. The third kappa shape index (κ3) is 4.58. The molecule has 0 aromatic heterocycles. The number of carbonyl (C=O) groups excluding carboxylic acids is 1. The second-order valence-corrected chi connectivity index (χ2v) is 10.4. The van der Waals surface area contributed by atoms with Gasteiger partial charge in [0.25, 0.3) is 5.91 Å². The molecule has 2 fully saturated rings. The highest BCUT2D eigenvalue weighted by molar-refractivity contribution is 7.89. The molecule has 0 spiro atoms. The molecule has 5 atom stereocenters. The van der Waals surface area contributed by atoms with Gasteiger partial charge in [0.2, 0.25) is 10.0 Å². The van der Waals surface area contributed by atoms with Crippen molar-refractivity contribution < 1.29 is 17.9 Å². The standard InChI is InChI=1S/C21H32N2O4S/c1-14-7-5-10-20(17(14)4)22-21(24)18-8-6-9-19(11-18)28(25,26)23-12-15(2)27-16(3)13-23/h6,8-9,11,14-17,20H,5,7,10,12-13H2,1-4H3,(H,22,24)/t14-,15-,16+,17+,20+/m1/s1. The summed E-state index contributed by atoms with van der Waals surface area (Å²) < 4.78 is 33.2. The van der Waals surface area contributed by atoms with Crippen LogP contribution in [0.5, 0.6) is 0 Å². The van der Waals surface area contributed by atoms with Gasteiger partial charge in [0.05, 0.1) is 17.1 Å². The minimum atomic E-state index is -3.66. The summed E-state index contributed by atoms with van der Waals surface area (Å²) in [5.41, 5.74) is 0.390. The molecule has 7 heteroatoms. The van der Waals surface area contributed by atoms with Gasteiger partial charge in [0, 0.05) is 24.7 Å². The summed E-state index contributed by atoms with van der Waals surface area (Å²) in [6.45, 7) is 8.78. The molecule has 1 aromatic rings. The highest BCUT2D eigenvalue weighted by atomic mass is 32.2. The Hall–Kier alpha value is -1.44. The van der Waals surface area contributed by atoms with Crippen LogP contribution in [0.15, 0.2) is 29.2 Å². The summed E-state index contributed by atoms with van der Waals surface area (Å²) in [7, 11) is -3.66. The molecule has 28 heavy (non-hydrogen) atoms. The van der Waals surface area contributed by atoms with E-state index in [1.54, 1.807) is 18.2 Å². The maximum absolute atomic E-state index is 13.1. The number of hydrogen-bond donors (Lipinski definition) is 1. The van der Waals surface area contributed by atoms with E-state index in [1.807, 2.05) is 13.8 Å². The molecule has 6 nitrogen and oxygen atoms in total. The zero-order valence-electron chi connectivity index (χ0n) is 17.2. The first-order valence-electron chi connectivity index (χ1n) is 10.2. The second-order valence-electron chi connectivity index (χ2n) is 8.45. The van der Waals surface area contributed by atoms with Crippen LogP contribution in [0.25, 0.3) is 0 Å². The molecule has 1 heterocycles. The number of carbonyl (C=O) groups is 1. The normalized spacial score (nSPS) is 32.1. The van der Waals surface area contributed by atoms with Crippen LogP contribution in [0.1, 0.15) is 57.3 Å². The van der Waals surface area contributed by atoms with Crippen molar-refractivity contribution in [2.24, 2.45) is 11.8 Å². The third-order valence-corrected chi connectivity index (χ3v) is 7.97. The van der Waals surface area contributed by atoms with Crippen LogP contribution >= 0.6 is 0 Å². The van der Waals surface area contributed by atoms with Crippen molar-refractivity contribution in [2.75, 3.05) is 13.1 Å². The molecule has 1 saturated heterocycles. The number of ether oxygens (including phenoxy) is 1. The number of nitrogens with one attached hydrogen (secondary N) is 1. The van der Waals surface area contributed by atoms with Crippen LogP contribution in [0, 0.1) is 11.8 Å². The minimum Gasteiger partial charge on any atom is -0.373 e. The summed E-state index contributed by atoms with van der Waals surface area (Å²) >= 11 is 0. The lowest BCUT2D eigenvalue weighted by Gasteiger charge is -2.35. The summed E-state index contributed by atoms with van der Waals surface area (Å²) in [4.78, 5) is 12.9. The van der Waals surface area contributed by atoms with Crippen LogP contribution in [0.4, 0.5) is 0 Å². The van der Waals surface area contributed by atoms with Gasteiger partial charge in [-0.05, 0) is 50.3 Å². The molecule has 3 rings (SSSR count). The van der Waals surface area contributed by atoms with E-state index in [4.69, 9.17) is 4.74 Å². The van der Waals surface area contributed by atoms with Gasteiger partial charge in [-0.15, -0.1) is 0 Å². The van der Waals surface area contributed by atoms with Gasteiger partial charge in [-0.2, -0.15) is 4.31 Å². The van der Waals surface area contributed by atoms with Gasteiger partial charge in [0.15, 0.2) is 0 Å². The second kappa shape index (κ2) is 8.51. The number of nitrogens with zero attached hydrogens (tertiary/aromatic N) is 1. The molecular formula is C21H32N2O4S. The number of morpholine rings is 1. The number of sulfonamides is 1. The van der Waals surface area contributed by atoms with Crippen molar-refractivity contribution in [3.8, 4) is 0 Å². The number of amides is 1. The van der Waals surface area contributed by atoms with Crippen LogP contribution in [-0.2, 0) is 14.8 Å². The van der Waals surface area contributed by atoms with E-state index in [2.05, 4.69) is 19.2 Å². The van der Waals surface area contributed by atoms with Crippen molar-refractivity contribution in [1.29, 1.82) is 0 Å². The Balaban J connectivity index is 1.77. The molecule has 1 aliphatic carbocycles. The summed E-state index contributed by atoms with van der Waals surface area (Å²) in [6.07, 6.45) is 2.97. The van der Waals surface area contributed by atoms with Crippen LogP contribution in [-0.4, -0.2) is 50.0 Å². The highest BCUT2D eigenvalue weighted by Crippen LogP contribution is 2.30. The first-order valence-corrected chi connectivity index (χ1v) is 11.7. The Morgan fingerprint density at radius 3 is 2.46 bits per heavy atom. The lowest BCUT2D eigenvalue weighted by Crippen LogP contribution is -2.48. The monoisotopic (exact) mass is 408 g/mol. The van der Waals surface area contributed by atoms with E-state index >= 15 is 0 Å². The molecule has 0 bridgehead atoms. The van der Waals surface area contributed by atoms with Crippen molar-refractivity contribution in [1.82, 2.24) is 9.62 Å². The smallest absolute Gasteiger partial charge is 0.251 e. The van der Waals surface area contributed by atoms with Crippen molar-refractivity contribution >= 4 is 15.9 Å². The Bertz CT molecular complexity index is 800. The van der Waals surface area contributed by atoms with Gasteiger partial charge in [-0.3, -0.25) is 4.79 Å². The third-order valence-electron chi connectivity index (χ3n) is 6.14. The Morgan fingerprint density at radius 2 is 1.79 bits per heavy atom. The van der Waals surface area contributed by atoms with Crippen LogP contribution < -0.4 is 5.32 Å². The number of benzene rings is 1. The highest BCUT2D eigenvalue weighted by Gasteiger charge is 2.33. The Labute approximate surface area is 168 Å². The SMILES string of the molecule is C[C@H]1[C@H](C)CCC[C@@H]1NC(=O)c1cccc(S(=O)(=O)N2C[C@@H](C)O[C@@H](C)C2)c1. The lowest BCUT2D eigenvalue weighted by atomic mass is 9.78. The van der Waals surface area contributed by atoms with Gasteiger partial charge in [0.1, 0.15) is 0 Å². The Morgan fingerprint density at radius 1 is 1.11 bits per heavy atom. The average molecular weight is 409 g/mol. The van der Waals surface area contributed by atoms with E-state index in [1.165, 1.54) is 16.8 Å². The maximum atomic E-state index is 13.1. The summed E-state index contributed by atoms with van der Waals surface area (Å²) in [5.74, 6) is 0.795. The molecule has 1 saturated carbocycles. The van der Waals surface area contributed by atoms with E-state index < -0.39 is 10.0 Å². The fourth-order valence-electron chi connectivity index (χ4n) is 4.31. The topological polar surface area (TPSA) is 75.7 Å². The van der Waals surface area contributed by atoms with Crippen LogP contribution in [0.2, 0.25) is 0 Å². The molecule has 0 radical (unpaired) electrons. The summed E-state index contributed by atoms with van der Waals surface area (Å²) in [5, 5.41) is 3.12. The van der Waals surface area contributed by atoms with E-state index in [-0.39, 0.29) is 29.1 Å². The zero-order valence-corrected chi connectivity index (χ0v) is 18.0. The predicted molar refractivity (Wildman–Crippen MR) is 109 cm³/mol. The lowest BCUT2D eigenvalue weighted by molar-refractivity contribution is -0.0440. The number of rotatable bonds is 4. The largest absolute Gasteiger partial charge is 0.373 e. The van der Waals surface area contributed by atoms with Crippen molar-refractivity contribution in [2.45, 2.75) is 70.1 Å². The van der Waals surface area contributed by atoms with Gasteiger partial charge in [-0.1, -0.05) is 32.8 Å². The maximum Gasteiger partial charge on any atom is 0.251 e.